The van der Waals surface area contributed by atoms with Crippen LogP contribution in [0, 0.1) is 13.8 Å². The van der Waals surface area contributed by atoms with Gasteiger partial charge in [0.05, 0.1) is 11.7 Å². The van der Waals surface area contributed by atoms with E-state index in [9.17, 15) is 0 Å². The summed E-state index contributed by atoms with van der Waals surface area (Å²) in [4.78, 5) is 2.41. The summed E-state index contributed by atoms with van der Waals surface area (Å²) in [5.41, 5.74) is 4.18. The van der Waals surface area contributed by atoms with E-state index >= 15 is 0 Å². The molecule has 2 atom stereocenters. The number of hydrogen-bond acceptors (Lipinski definition) is 3. The maximum atomic E-state index is 4.86. The van der Waals surface area contributed by atoms with Crippen LogP contribution in [-0.4, -0.2) is 47.9 Å². The molecule has 2 unspecified atom stereocenters. The highest BCUT2D eigenvalue weighted by molar-refractivity contribution is 5.30. The number of hydrogen-bond donors (Lipinski definition) is 1. The fourth-order valence-electron chi connectivity index (χ4n) is 3.83. The summed E-state index contributed by atoms with van der Waals surface area (Å²) in [6.45, 7) is 9.09. The Hall–Kier alpha value is -0.870. The first-order valence-electron chi connectivity index (χ1n) is 7.61. The molecule has 4 nitrogen and oxygen atoms in total. The van der Waals surface area contributed by atoms with Crippen LogP contribution in [0.2, 0.25) is 0 Å². The third kappa shape index (κ3) is 2.43. The predicted octanol–water partition coefficient (Wildman–Crippen LogP) is 1.84. The van der Waals surface area contributed by atoms with E-state index in [0.717, 1.165) is 13.1 Å². The topological polar surface area (TPSA) is 33.1 Å². The first-order valence-corrected chi connectivity index (χ1v) is 7.61. The molecule has 0 spiro atoms. The Morgan fingerprint density at radius 3 is 2.74 bits per heavy atom. The van der Waals surface area contributed by atoms with Crippen molar-refractivity contribution in [2.24, 2.45) is 0 Å². The molecule has 2 saturated heterocycles. The van der Waals surface area contributed by atoms with Crippen molar-refractivity contribution in [3.8, 4) is 0 Å². The molecule has 0 aliphatic carbocycles. The Morgan fingerprint density at radius 1 is 1.26 bits per heavy atom. The molecule has 3 heterocycles. The molecule has 3 rings (SSSR count). The molecule has 1 aromatic heterocycles. The van der Waals surface area contributed by atoms with Gasteiger partial charge in [0, 0.05) is 30.3 Å². The summed E-state index contributed by atoms with van der Waals surface area (Å²) in [5, 5.41) is 8.39. The van der Waals surface area contributed by atoms with Crippen molar-refractivity contribution in [1.82, 2.24) is 20.0 Å². The lowest BCUT2D eigenvalue weighted by atomic mass is 9.90. The van der Waals surface area contributed by atoms with Crippen molar-refractivity contribution in [2.45, 2.75) is 45.1 Å². The average molecular weight is 262 g/mol. The van der Waals surface area contributed by atoms with Gasteiger partial charge in [0.25, 0.3) is 0 Å². The molecule has 0 aromatic carbocycles. The van der Waals surface area contributed by atoms with Gasteiger partial charge < -0.3 is 10.2 Å². The zero-order chi connectivity index (χ0) is 13.4. The van der Waals surface area contributed by atoms with Crippen LogP contribution in [0.5, 0.6) is 0 Å². The van der Waals surface area contributed by atoms with Crippen LogP contribution in [0.3, 0.4) is 0 Å². The van der Waals surface area contributed by atoms with Crippen LogP contribution in [-0.2, 0) is 0 Å². The third-order valence-electron chi connectivity index (χ3n) is 4.80. The van der Waals surface area contributed by atoms with E-state index in [1.807, 2.05) is 0 Å². The maximum absolute atomic E-state index is 4.86. The highest BCUT2D eigenvalue weighted by Gasteiger charge is 2.28. The molecular weight excluding hydrogens is 236 g/mol. The second-order valence-electron chi connectivity index (χ2n) is 6.28. The molecule has 1 aromatic rings. The van der Waals surface area contributed by atoms with Crippen molar-refractivity contribution in [3.63, 3.8) is 0 Å². The lowest BCUT2D eigenvalue weighted by Gasteiger charge is -2.23. The van der Waals surface area contributed by atoms with Crippen LogP contribution in [0.15, 0.2) is 0 Å². The zero-order valence-electron chi connectivity index (χ0n) is 12.4. The fourth-order valence-corrected chi connectivity index (χ4v) is 3.83. The molecular formula is C15H26N4. The Bertz CT molecular complexity index is 445. The number of piperidine rings is 1. The fraction of sp³-hybridized carbons (Fsp3) is 0.800. The third-order valence-corrected chi connectivity index (χ3v) is 4.80. The molecule has 0 bridgehead atoms. The zero-order valence-corrected chi connectivity index (χ0v) is 12.4. The van der Waals surface area contributed by atoms with Crippen LogP contribution in [0.1, 0.15) is 48.2 Å². The van der Waals surface area contributed by atoms with E-state index in [2.05, 4.69) is 35.8 Å². The number of aromatic nitrogens is 2. The quantitative estimate of drug-likeness (QED) is 0.883. The van der Waals surface area contributed by atoms with E-state index in [1.165, 1.54) is 49.3 Å². The van der Waals surface area contributed by atoms with Gasteiger partial charge in [-0.2, -0.15) is 5.10 Å². The SMILES string of the molecule is Cc1nn(C2CCN(C)C2)c(C)c1C1CCCNC1. The van der Waals surface area contributed by atoms with Crippen LogP contribution in [0.25, 0.3) is 0 Å². The van der Waals surface area contributed by atoms with Gasteiger partial charge in [0.2, 0.25) is 0 Å². The molecule has 19 heavy (non-hydrogen) atoms. The first kappa shape index (κ1) is 13.1. The van der Waals surface area contributed by atoms with Gasteiger partial charge in [-0.15, -0.1) is 0 Å². The summed E-state index contributed by atoms with van der Waals surface area (Å²) in [6, 6.07) is 0.578. The van der Waals surface area contributed by atoms with Crippen molar-refractivity contribution >= 4 is 0 Å². The van der Waals surface area contributed by atoms with Crippen LogP contribution in [0.4, 0.5) is 0 Å². The molecule has 2 fully saturated rings. The van der Waals surface area contributed by atoms with Crippen molar-refractivity contribution in [1.29, 1.82) is 0 Å². The summed E-state index contributed by atoms with van der Waals surface area (Å²) < 4.78 is 2.31. The van der Waals surface area contributed by atoms with Gasteiger partial charge in [-0.05, 0) is 53.2 Å². The molecule has 0 amide bonds. The number of likely N-dealkylation sites (tertiary alicyclic amines) is 1. The highest BCUT2D eigenvalue weighted by Crippen LogP contribution is 2.31. The number of rotatable bonds is 2. The van der Waals surface area contributed by atoms with Crippen molar-refractivity contribution in [3.05, 3.63) is 17.0 Å². The average Bonchev–Trinajstić information content (AvgIpc) is 2.95. The molecule has 0 radical (unpaired) electrons. The monoisotopic (exact) mass is 262 g/mol. The maximum Gasteiger partial charge on any atom is 0.0661 e. The Morgan fingerprint density at radius 2 is 2.11 bits per heavy atom. The summed E-state index contributed by atoms with van der Waals surface area (Å²) in [6.07, 6.45) is 3.84. The molecule has 0 saturated carbocycles. The smallest absolute Gasteiger partial charge is 0.0661 e. The number of likely N-dealkylation sites (N-methyl/N-ethyl adjacent to an activating group) is 1. The second-order valence-corrected chi connectivity index (χ2v) is 6.28. The minimum atomic E-state index is 0.578. The molecule has 4 heteroatoms. The van der Waals surface area contributed by atoms with Crippen molar-refractivity contribution in [2.75, 3.05) is 33.2 Å². The molecule has 1 N–H and O–H groups in total. The molecule has 2 aliphatic rings. The molecule has 2 aliphatic heterocycles. The van der Waals surface area contributed by atoms with Crippen molar-refractivity contribution < 1.29 is 0 Å². The minimum Gasteiger partial charge on any atom is -0.316 e. The Balaban J connectivity index is 1.87. The van der Waals surface area contributed by atoms with Gasteiger partial charge in [0.15, 0.2) is 0 Å². The van der Waals surface area contributed by atoms with E-state index in [-0.39, 0.29) is 0 Å². The van der Waals surface area contributed by atoms with E-state index in [4.69, 9.17) is 5.10 Å². The highest BCUT2D eigenvalue weighted by atomic mass is 15.3. The minimum absolute atomic E-state index is 0.578. The standard InChI is InChI=1S/C15H26N4/c1-11-15(13-5-4-7-16-9-13)12(2)19(17-11)14-6-8-18(3)10-14/h13-14,16H,4-10H2,1-3H3. The predicted molar refractivity (Wildman–Crippen MR) is 77.7 cm³/mol. The van der Waals surface area contributed by atoms with Gasteiger partial charge >= 0.3 is 0 Å². The largest absolute Gasteiger partial charge is 0.316 e. The van der Waals surface area contributed by atoms with E-state index in [1.54, 1.807) is 0 Å². The van der Waals surface area contributed by atoms with E-state index < -0.39 is 0 Å². The summed E-state index contributed by atoms with van der Waals surface area (Å²) >= 11 is 0. The summed E-state index contributed by atoms with van der Waals surface area (Å²) in [5.74, 6) is 0.668. The lowest BCUT2D eigenvalue weighted by molar-refractivity contribution is 0.378. The van der Waals surface area contributed by atoms with Gasteiger partial charge in [0.1, 0.15) is 0 Å². The number of aryl methyl sites for hydroxylation is 1. The Labute approximate surface area is 116 Å². The van der Waals surface area contributed by atoms with Crippen LogP contribution >= 0.6 is 0 Å². The second kappa shape index (κ2) is 5.25. The van der Waals surface area contributed by atoms with Crippen LogP contribution < -0.4 is 5.32 Å². The number of nitrogens with zero attached hydrogens (tertiary/aromatic N) is 3. The Kier molecular flexibility index (Phi) is 3.63. The van der Waals surface area contributed by atoms with Gasteiger partial charge in [-0.3, -0.25) is 4.68 Å². The first-order chi connectivity index (χ1) is 9.16. The number of nitrogens with one attached hydrogen (secondary N) is 1. The normalized spacial score (nSPS) is 29.0. The van der Waals surface area contributed by atoms with Gasteiger partial charge in [-0.25, -0.2) is 0 Å². The lowest BCUT2D eigenvalue weighted by Crippen LogP contribution is -2.29. The van der Waals surface area contributed by atoms with Gasteiger partial charge in [-0.1, -0.05) is 0 Å². The van der Waals surface area contributed by atoms with E-state index in [0.29, 0.717) is 12.0 Å². The summed E-state index contributed by atoms with van der Waals surface area (Å²) in [7, 11) is 2.21. The molecule has 106 valence electrons.